The number of ether oxygens (including phenoxy) is 2. The van der Waals surface area contributed by atoms with Gasteiger partial charge >= 0.3 is 5.97 Å². The zero-order valence-electron chi connectivity index (χ0n) is 15.8. The van der Waals surface area contributed by atoms with Crippen molar-refractivity contribution in [3.05, 3.63) is 65.2 Å². The highest BCUT2D eigenvalue weighted by atomic mass is 16.5. The molecule has 1 atom stereocenters. The number of aliphatic hydroxyl groups is 1. The summed E-state index contributed by atoms with van der Waals surface area (Å²) in [6.07, 6.45) is 0. The number of carbonyl (C=O) groups is 3. The molecule has 2 aromatic rings. The maximum Gasteiger partial charge on any atom is 0.323 e. The molecule has 1 saturated heterocycles. The van der Waals surface area contributed by atoms with Gasteiger partial charge in [0.15, 0.2) is 0 Å². The minimum atomic E-state index is -1.29. The molecule has 1 heterocycles. The van der Waals surface area contributed by atoms with Gasteiger partial charge in [-0.05, 0) is 12.1 Å². The first-order chi connectivity index (χ1) is 13.9. The highest BCUT2D eigenvalue weighted by molar-refractivity contribution is 6.46. The summed E-state index contributed by atoms with van der Waals surface area (Å²) in [5, 5.41) is 20.1. The average molecular weight is 397 g/mol. The number of amides is 1. The van der Waals surface area contributed by atoms with Crippen LogP contribution in [0.4, 0.5) is 0 Å². The first-order valence-corrected chi connectivity index (χ1v) is 8.66. The van der Waals surface area contributed by atoms with E-state index < -0.39 is 30.2 Å². The summed E-state index contributed by atoms with van der Waals surface area (Å²) in [6, 6.07) is 11.8. The summed E-state index contributed by atoms with van der Waals surface area (Å²) in [7, 11) is 2.87. The molecule has 3 rings (SSSR count). The maximum atomic E-state index is 12.8. The summed E-state index contributed by atoms with van der Waals surface area (Å²) in [5.74, 6) is -2.89. The molecular weight excluding hydrogens is 378 g/mol. The number of ketones is 1. The molecule has 0 aromatic heterocycles. The second-order valence-corrected chi connectivity index (χ2v) is 6.29. The lowest BCUT2D eigenvalue weighted by Crippen LogP contribution is -2.34. The van der Waals surface area contributed by atoms with Crippen LogP contribution in [-0.2, 0) is 14.4 Å². The van der Waals surface area contributed by atoms with Crippen molar-refractivity contribution < 1.29 is 34.1 Å². The minimum absolute atomic E-state index is 0.203. The quantitative estimate of drug-likeness (QED) is 0.436. The first-order valence-electron chi connectivity index (χ1n) is 8.66. The Morgan fingerprint density at radius 1 is 1.03 bits per heavy atom. The predicted molar refractivity (Wildman–Crippen MR) is 103 cm³/mol. The molecule has 0 spiro atoms. The van der Waals surface area contributed by atoms with Crippen molar-refractivity contribution in [3.8, 4) is 11.5 Å². The van der Waals surface area contributed by atoms with Gasteiger partial charge in [0.1, 0.15) is 23.8 Å². The van der Waals surface area contributed by atoms with E-state index in [0.29, 0.717) is 16.9 Å². The number of Topliss-reactive ketones (excluding diaryl/α,β-unsaturated/α-hetero) is 1. The number of carboxylic acids is 1. The standard InChI is InChI=1S/C21H19NO7/c1-28-13-8-9-14(15(10-13)29-2)18-17(19(25)12-6-4-3-5-7-12)20(26)21(27)22(18)11-16(23)24/h3-10,18,25H,11H2,1-2H3,(H,23,24)/t18-/m1/s1. The molecular formula is C21H19NO7. The Hall–Kier alpha value is -3.81. The van der Waals surface area contributed by atoms with Crippen molar-refractivity contribution in [1.82, 2.24) is 4.90 Å². The van der Waals surface area contributed by atoms with Crippen LogP contribution in [0.2, 0.25) is 0 Å². The third-order valence-electron chi connectivity index (χ3n) is 4.63. The first kappa shape index (κ1) is 19.9. The number of benzene rings is 2. The van der Waals surface area contributed by atoms with Gasteiger partial charge in [0, 0.05) is 17.2 Å². The zero-order valence-corrected chi connectivity index (χ0v) is 15.8. The summed E-state index contributed by atoms with van der Waals surface area (Å²) in [4.78, 5) is 37.6. The second-order valence-electron chi connectivity index (χ2n) is 6.29. The number of likely N-dealkylation sites (tertiary alicyclic amines) is 1. The van der Waals surface area contributed by atoms with Crippen LogP contribution < -0.4 is 9.47 Å². The van der Waals surface area contributed by atoms with Gasteiger partial charge in [0.2, 0.25) is 0 Å². The summed E-state index contributed by atoms with van der Waals surface area (Å²) in [6.45, 7) is -0.712. The Kier molecular flexibility index (Phi) is 5.54. The molecule has 2 N–H and O–H groups in total. The molecule has 0 aliphatic carbocycles. The lowest BCUT2D eigenvalue weighted by Gasteiger charge is -2.25. The lowest BCUT2D eigenvalue weighted by atomic mass is 9.94. The predicted octanol–water partition coefficient (Wildman–Crippen LogP) is 2.21. The summed E-state index contributed by atoms with van der Waals surface area (Å²) in [5.41, 5.74) is 0.482. The lowest BCUT2D eigenvalue weighted by molar-refractivity contribution is -0.146. The molecule has 0 radical (unpaired) electrons. The number of aliphatic hydroxyl groups excluding tert-OH is 1. The van der Waals surface area contributed by atoms with E-state index in [0.717, 1.165) is 4.90 Å². The molecule has 0 saturated carbocycles. The van der Waals surface area contributed by atoms with Crippen LogP contribution in [0.15, 0.2) is 54.1 Å². The van der Waals surface area contributed by atoms with Crippen molar-refractivity contribution in [2.75, 3.05) is 20.8 Å². The second kappa shape index (κ2) is 8.05. The molecule has 1 aliphatic rings. The van der Waals surface area contributed by atoms with E-state index >= 15 is 0 Å². The van der Waals surface area contributed by atoms with E-state index in [1.54, 1.807) is 48.5 Å². The number of carbonyl (C=O) groups excluding carboxylic acids is 2. The Bertz CT molecular complexity index is 997. The molecule has 29 heavy (non-hydrogen) atoms. The van der Waals surface area contributed by atoms with Crippen LogP contribution in [0, 0.1) is 0 Å². The van der Waals surface area contributed by atoms with Crippen LogP contribution in [0.5, 0.6) is 11.5 Å². The minimum Gasteiger partial charge on any atom is -0.507 e. The van der Waals surface area contributed by atoms with Gasteiger partial charge in [-0.1, -0.05) is 30.3 Å². The molecule has 1 amide bonds. The zero-order chi connectivity index (χ0) is 21.1. The van der Waals surface area contributed by atoms with Gasteiger partial charge in [0.05, 0.1) is 25.8 Å². The van der Waals surface area contributed by atoms with E-state index in [2.05, 4.69) is 0 Å². The summed E-state index contributed by atoms with van der Waals surface area (Å²) >= 11 is 0. The molecule has 150 valence electrons. The number of hydrogen-bond acceptors (Lipinski definition) is 6. The number of rotatable bonds is 6. The fourth-order valence-corrected chi connectivity index (χ4v) is 3.31. The van der Waals surface area contributed by atoms with Gasteiger partial charge < -0.3 is 24.6 Å². The molecule has 8 heteroatoms. The number of carboxylic acid groups (broad SMARTS) is 1. The van der Waals surface area contributed by atoms with Crippen LogP contribution in [0.3, 0.4) is 0 Å². The molecule has 1 fully saturated rings. The van der Waals surface area contributed by atoms with Crippen molar-refractivity contribution in [3.63, 3.8) is 0 Å². The van der Waals surface area contributed by atoms with Crippen LogP contribution in [-0.4, -0.2) is 53.5 Å². The van der Waals surface area contributed by atoms with Crippen molar-refractivity contribution >= 4 is 23.4 Å². The Morgan fingerprint density at radius 3 is 2.31 bits per heavy atom. The highest BCUT2D eigenvalue weighted by Gasteiger charge is 2.47. The van der Waals surface area contributed by atoms with Crippen LogP contribution in [0.1, 0.15) is 17.2 Å². The SMILES string of the molecule is COc1ccc([C@@H]2C(=C(O)c3ccccc3)C(=O)C(=O)N2CC(=O)O)c(OC)c1. The largest absolute Gasteiger partial charge is 0.507 e. The van der Waals surface area contributed by atoms with Crippen LogP contribution >= 0.6 is 0 Å². The smallest absolute Gasteiger partial charge is 0.323 e. The van der Waals surface area contributed by atoms with Gasteiger partial charge in [-0.15, -0.1) is 0 Å². The van der Waals surface area contributed by atoms with E-state index in [1.807, 2.05) is 0 Å². The Balaban J connectivity index is 2.25. The fraction of sp³-hybridized carbons (Fsp3) is 0.190. The van der Waals surface area contributed by atoms with Gasteiger partial charge in [-0.3, -0.25) is 14.4 Å². The third-order valence-corrected chi connectivity index (χ3v) is 4.63. The number of hydrogen-bond donors (Lipinski definition) is 2. The normalized spacial score (nSPS) is 18.0. The van der Waals surface area contributed by atoms with Crippen molar-refractivity contribution in [2.45, 2.75) is 6.04 Å². The van der Waals surface area contributed by atoms with Gasteiger partial charge in [-0.25, -0.2) is 0 Å². The van der Waals surface area contributed by atoms with Gasteiger partial charge in [0.25, 0.3) is 11.7 Å². The highest BCUT2D eigenvalue weighted by Crippen LogP contribution is 2.43. The monoisotopic (exact) mass is 397 g/mol. The molecule has 1 aliphatic heterocycles. The van der Waals surface area contributed by atoms with Gasteiger partial charge in [-0.2, -0.15) is 0 Å². The molecule has 0 unspecified atom stereocenters. The van der Waals surface area contributed by atoms with E-state index in [-0.39, 0.29) is 17.1 Å². The Labute approximate surface area is 166 Å². The maximum absolute atomic E-state index is 12.8. The molecule has 2 aromatic carbocycles. The van der Waals surface area contributed by atoms with E-state index in [4.69, 9.17) is 9.47 Å². The van der Waals surface area contributed by atoms with E-state index in [9.17, 15) is 24.6 Å². The third kappa shape index (κ3) is 3.64. The summed E-state index contributed by atoms with van der Waals surface area (Å²) < 4.78 is 10.5. The molecule has 8 nitrogen and oxygen atoms in total. The fourth-order valence-electron chi connectivity index (χ4n) is 3.31. The van der Waals surface area contributed by atoms with Crippen LogP contribution in [0.25, 0.3) is 5.76 Å². The Morgan fingerprint density at radius 2 is 1.72 bits per heavy atom. The molecule has 0 bridgehead atoms. The topological polar surface area (TPSA) is 113 Å². The number of methoxy groups -OCH3 is 2. The number of aliphatic carboxylic acids is 1. The average Bonchev–Trinajstić information content (AvgIpc) is 2.97. The van der Waals surface area contributed by atoms with E-state index in [1.165, 1.54) is 14.2 Å². The number of nitrogens with zero attached hydrogens (tertiary/aromatic N) is 1. The van der Waals surface area contributed by atoms with Crippen molar-refractivity contribution in [2.24, 2.45) is 0 Å². The van der Waals surface area contributed by atoms with Crippen molar-refractivity contribution in [1.29, 1.82) is 0 Å².